The average molecular weight is 254 g/mol. The molecule has 0 bridgehead atoms. The van der Waals surface area contributed by atoms with E-state index in [0.29, 0.717) is 32.0 Å². The van der Waals surface area contributed by atoms with Crippen LogP contribution in [0.25, 0.3) is 0 Å². The molecule has 0 saturated carbocycles. The second-order valence-electron chi connectivity index (χ2n) is 5.69. The molecule has 0 aliphatic carbocycles. The molecule has 2 saturated heterocycles. The summed E-state index contributed by atoms with van der Waals surface area (Å²) >= 11 is 0. The van der Waals surface area contributed by atoms with Crippen molar-refractivity contribution in [1.82, 2.24) is 10.2 Å². The summed E-state index contributed by atoms with van der Waals surface area (Å²) in [6, 6.07) is 0.418. The standard InChI is InChI=1S/C13H22N2O3/c1-13(2)9-10(5-8-18-13)14-6-7-15-11(16)3-4-12(15)17/h10,14H,3-9H2,1-2H3/t10-/m1/s1. The van der Waals surface area contributed by atoms with Crippen LogP contribution in [0.2, 0.25) is 0 Å². The third-order valence-electron chi connectivity index (χ3n) is 3.62. The highest BCUT2D eigenvalue weighted by molar-refractivity contribution is 6.01. The fraction of sp³-hybridized carbons (Fsp3) is 0.846. The van der Waals surface area contributed by atoms with Gasteiger partial charge in [0.1, 0.15) is 0 Å². The minimum atomic E-state index is -0.0742. The molecule has 0 unspecified atom stereocenters. The van der Waals surface area contributed by atoms with Crippen LogP contribution in [0.15, 0.2) is 0 Å². The van der Waals surface area contributed by atoms with Gasteiger partial charge in [-0.2, -0.15) is 0 Å². The van der Waals surface area contributed by atoms with E-state index in [-0.39, 0.29) is 17.4 Å². The molecule has 2 heterocycles. The second kappa shape index (κ2) is 5.36. The second-order valence-corrected chi connectivity index (χ2v) is 5.69. The first kappa shape index (κ1) is 13.5. The van der Waals surface area contributed by atoms with Gasteiger partial charge in [0.25, 0.3) is 0 Å². The first-order chi connectivity index (χ1) is 8.48. The summed E-state index contributed by atoms with van der Waals surface area (Å²) in [4.78, 5) is 24.2. The Morgan fingerprint density at radius 1 is 1.33 bits per heavy atom. The van der Waals surface area contributed by atoms with Crippen molar-refractivity contribution in [2.24, 2.45) is 0 Å². The molecular formula is C13H22N2O3. The van der Waals surface area contributed by atoms with Crippen LogP contribution in [-0.4, -0.2) is 48.1 Å². The van der Waals surface area contributed by atoms with Gasteiger partial charge in [0.05, 0.1) is 5.60 Å². The molecule has 5 nitrogen and oxygen atoms in total. The summed E-state index contributed by atoms with van der Waals surface area (Å²) in [6.07, 6.45) is 2.71. The first-order valence-corrected chi connectivity index (χ1v) is 6.68. The summed E-state index contributed by atoms with van der Waals surface area (Å²) in [6.45, 7) is 6.13. The Kier molecular flexibility index (Phi) is 4.02. The number of hydrogen-bond donors (Lipinski definition) is 1. The van der Waals surface area contributed by atoms with E-state index in [0.717, 1.165) is 19.4 Å². The number of nitrogens with zero attached hydrogens (tertiary/aromatic N) is 1. The molecule has 1 atom stereocenters. The van der Waals surface area contributed by atoms with Crippen molar-refractivity contribution in [3.63, 3.8) is 0 Å². The van der Waals surface area contributed by atoms with Gasteiger partial charge in [0, 0.05) is 38.6 Å². The molecule has 2 amide bonds. The van der Waals surface area contributed by atoms with Crippen LogP contribution in [0.5, 0.6) is 0 Å². The van der Waals surface area contributed by atoms with Gasteiger partial charge >= 0.3 is 0 Å². The van der Waals surface area contributed by atoms with Crippen molar-refractivity contribution >= 4 is 11.8 Å². The van der Waals surface area contributed by atoms with E-state index in [1.54, 1.807) is 0 Å². The average Bonchev–Trinajstić information content (AvgIpc) is 2.59. The van der Waals surface area contributed by atoms with Crippen LogP contribution in [-0.2, 0) is 14.3 Å². The Hall–Kier alpha value is -0.940. The van der Waals surface area contributed by atoms with Crippen molar-refractivity contribution in [2.75, 3.05) is 19.7 Å². The Bertz CT molecular complexity index is 325. The maximum absolute atomic E-state index is 11.4. The highest BCUT2D eigenvalue weighted by atomic mass is 16.5. The predicted molar refractivity (Wildman–Crippen MR) is 67.0 cm³/mol. The van der Waals surface area contributed by atoms with E-state index in [2.05, 4.69) is 19.2 Å². The SMILES string of the molecule is CC1(C)C[C@H](NCCN2C(=O)CCC2=O)CCO1. The predicted octanol–water partition coefficient (Wildman–Crippen LogP) is 0.683. The minimum Gasteiger partial charge on any atom is -0.375 e. The molecule has 1 N–H and O–H groups in total. The highest BCUT2D eigenvalue weighted by Gasteiger charge is 2.30. The van der Waals surface area contributed by atoms with Gasteiger partial charge < -0.3 is 10.1 Å². The number of amides is 2. The monoisotopic (exact) mass is 254 g/mol. The quantitative estimate of drug-likeness (QED) is 0.750. The summed E-state index contributed by atoms with van der Waals surface area (Å²) in [5, 5.41) is 3.42. The lowest BCUT2D eigenvalue weighted by Crippen LogP contribution is -2.46. The van der Waals surface area contributed by atoms with Crippen LogP contribution in [0.3, 0.4) is 0 Å². The lowest BCUT2D eigenvalue weighted by Gasteiger charge is -2.36. The number of carbonyl (C=O) groups is 2. The number of imide groups is 1. The molecule has 0 spiro atoms. The van der Waals surface area contributed by atoms with Crippen molar-refractivity contribution in [1.29, 1.82) is 0 Å². The Labute approximate surface area is 108 Å². The maximum Gasteiger partial charge on any atom is 0.229 e. The van der Waals surface area contributed by atoms with Crippen molar-refractivity contribution in [3.8, 4) is 0 Å². The number of rotatable bonds is 4. The van der Waals surface area contributed by atoms with Gasteiger partial charge in [0.15, 0.2) is 0 Å². The van der Waals surface area contributed by atoms with E-state index in [9.17, 15) is 9.59 Å². The zero-order valence-corrected chi connectivity index (χ0v) is 11.2. The van der Waals surface area contributed by atoms with Crippen molar-refractivity contribution in [2.45, 2.75) is 51.2 Å². The van der Waals surface area contributed by atoms with Crippen LogP contribution >= 0.6 is 0 Å². The fourth-order valence-electron chi connectivity index (χ4n) is 2.66. The first-order valence-electron chi connectivity index (χ1n) is 6.68. The van der Waals surface area contributed by atoms with Crippen molar-refractivity contribution in [3.05, 3.63) is 0 Å². The van der Waals surface area contributed by atoms with E-state index in [1.165, 1.54) is 4.90 Å². The molecule has 5 heteroatoms. The highest BCUT2D eigenvalue weighted by Crippen LogP contribution is 2.23. The van der Waals surface area contributed by atoms with Gasteiger partial charge in [-0.15, -0.1) is 0 Å². The molecular weight excluding hydrogens is 232 g/mol. The van der Waals surface area contributed by atoms with Crippen LogP contribution in [0, 0.1) is 0 Å². The summed E-state index contributed by atoms with van der Waals surface area (Å²) in [5.74, 6) is -0.0665. The van der Waals surface area contributed by atoms with E-state index >= 15 is 0 Å². The molecule has 0 aromatic rings. The van der Waals surface area contributed by atoms with Crippen LogP contribution in [0.1, 0.15) is 39.5 Å². The zero-order chi connectivity index (χ0) is 13.2. The van der Waals surface area contributed by atoms with E-state index in [4.69, 9.17) is 4.74 Å². The third-order valence-corrected chi connectivity index (χ3v) is 3.62. The van der Waals surface area contributed by atoms with Gasteiger partial charge in [-0.05, 0) is 26.7 Å². The topological polar surface area (TPSA) is 58.6 Å². The summed E-state index contributed by atoms with van der Waals surface area (Å²) < 4.78 is 5.65. The molecule has 2 aliphatic heterocycles. The smallest absolute Gasteiger partial charge is 0.229 e. The molecule has 18 heavy (non-hydrogen) atoms. The number of nitrogens with one attached hydrogen (secondary N) is 1. The molecule has 2 fully saturated rings. The van der Waals surface area contributed by atoms with Crippen LogP contribution < -0.4 is 5.32 Å². The number of carbonyl (C=O) groups excluding carboxylic acids is 2. The molecule has 102 valence electrons. The van der Waals surface area contributed by atoms with Gasteiger partial charge in [-0.3, -0.25) is 14.5 Å². The summed E-state index contributed by atoms with van der Waals surface area (Å²) in [5.41, 5.74) is -0.0742. The number of likely N-dealkylation sites (tertiary alicyclic amines) is 1. The fourth-order valence-corrected chi connectivity index (χ4v) is 2.66. The lowest BCUT2D eigenvalue weighted by molar-refractivity contribution is -0.138. The molecule has 2 rings (SSSR count). The normalized spacial score (nSPS) is 27.9. The van der Waals surface area contributed by atoms with Gasteiger partial charge in [-0.1, -0.05) is 0 Å². The molecule has 0 radical (unpaired) electrons. The third kappa shape index (κ3) is 3.29. The Balaban J connectivity index is 1.72. The Morgan fingerprint density at radius 3 is 2.61 bits per heavy atom. The van der Waals surface area contributed by atoms with Gasteiger partial charge in [-0.25, -0.2) is 0 Å². The summed E-state index contributed by atoms with van der Waals surface area (Å²) in [7, 11) is 0. The lowest BCUT2D eigenvalue weighted by atomic mass is 9.94. The molecule has 0 aromatic carbocycles. The van der Waals surface area contributed by atoms with Crippen LogP contribution in [0.4, 0.5) is 0 Å². The maximum atomic E-state index is 11.4. The minimum absolute atomic E-state index is 0.0332. The van der Waals surface area contributed by atoms with Gasteiger partial charge in [0.2, 0.25) is 11.8 Å². The van der Waals surface area contributed by atoms with Crippen molar-refractivity contribution < 1.29 is 14.3 Å². The number of hydrogen-bond acceptors (Lipinski definition) is 4. The van der Waals surface area contributed by atoms with E-state index < -0.39 is 0 Å². The Morgan fingerprint density at radius 2 is 2.00 bits per heavy atom. The molecule has 0 aromatic heterocycles. The largest absolute Gasteiger partial charge is 0.375 e. The zero-order valence-electron chi connectivity index (χ0n) is 11.2. The van der Waals surface area contributed by atoms with E-state index in [1.807, 2.05) is 0 Å². The number of ether oxygens (including phenoxy) is 1. The molecule has 2 aliphatic rings.